The summed E-state index contributed by atoms with van der Waals surface area (Å²) in [6.45, 7) is 4.17. The maximum absolute atomic E-state index is 13.2. The van der Waals surface area contributed by atoms with Gasteiger partial charge in [0.05, 0.1) is 52.5 Å². The van der Waals surface area contributed by atoms with Gasteiger partial charge in [0.1, 0.15) is 17.4 Å². The smallest absolute Gasteiger partial charge is 0.290 e. The number of nitriles is 1. The van der Waals surface area contributed by atoms with E-state index in [9.17, 15) is 9.90 Å². The molecular formula is C24H24N4O6S. The third-order valence-electron chi connectivity index (χ3n) is 5.82. The Balaban J connectivity index is 0.000000917. The number of carbonyl (C=O) groups is 2. The van der Waals surface area contributed by atoms with Crippen LogP contribution in [0.1, 0.15) is 28.4 Å². The minimum Gasteiger partial charge on any atom is -0.484 e. The molecule has 11 heteroatoms. The summed E-state index contributed by atoms with van der Waals surface area (Å²) in [6.07, 6.45) is 2.04. The molecule has 182 valence electrons. The van der Waals surface area contributed by atoms with E-state index in [1.165, 1.54) is 17.5 Å². The van der Waals surface area contributed by atoms with Crippen LogP contribution in [-0.4, -0.2) is 66.1 Å². The molecule has 0 saturated carbocycles. The second kappa shape index (κ2) is 10.3. The summed E-state index contributed by atoms with van der Waals surface area (Å²) in [5.74, 6) is 0.472. The van der Waals surface area contributed by atoms with Crippen LogP contribution in [0.15, 0.2) is 29.8 Å². The van der Waals surface area contributed by atoms with Gasteiger partial charge in [-0.05, 0) is 19.1 Å². The second-order valence-electron chi connectivity index (χ2n) is 8.35. The minimum atomic E-state index is -0.667. The number of hydrogen-bond acceptors (Lipinski definition) is 9. The Bertz CT molecular complexity index is 1300. The van der Waals surface area contributed by atoms with Crippen molar-refractivity contribution < 1.29 is 29.3 Å². The van der Waals surface area contributed by atoms with Crippen LogP contribution in [0.2, 0.25) is 0 Å². The highest BCUT2D eigenvalue weighted by molar-refractivity contribution is 7.17. The number of morpholine rings is 1. The van der Waals surface area contributed by atoms with Gasteiger partial charge < -0.3 is 29.9 Å². The van der Waals surface area contributed by atoms with E-state index in [0.717, 1.165) is 21.7 Å². The number of benzene rings is 1. The van der Waals surface area contributed by atoms with Crippen molar-refractivity contribution in [3.63, 3.8) is 0 Å². The fourth-order valence-corrected chi connectivity index (χ4v) is 5.07. The van der Waals surface area contributed by atoms with Crippen LogP contribution >= 0.6 is 11.3 Å². The number of thiophene rings is 1. The number of pyridine rings is 1. The second-order valence-corrected chi connectivity index (χ2v) is 9.27. The van der Waals surface area contributed by atoms with Crippen molar-refractivity contribution in [3.05, 3.63) is 46.5 Å². The number of ether oxygens (including phenoxy) is 2. The standard InChI is InChI=1S/C23H22N4O4S.CH2O2/c1-23(13-28)9-15-7-17(18(8-19(15)31-23)27-2-4-30-5-3-27)26-22(29)16-12-32-20-6-14(10-24)11-25-21(16)20;2-1-3/h6-8,11-12,28H,2-5,9,13H2,1H3,(H,26,29);1H,(H,2,3). The molecule has 0 spiro atoms. The molecule has 3 N–H and O–H groups in total. The topological polar surface area (TPSA) is 145 Å². The van der Waals surface area contributed by atoms with Crippen LogP contribution in [0.25, 0.3) is 10.2 Å². The summed E-state index contributed by atoms with van der Waals surface area (Å²) >= 11 is 1.39. The highest BCUT2D eigenvalue weighted by Gasteiger charge is 2.35. The molecule has 2 aromatic heterocycles. The van der Waals surface area contributed by atoms with E-state index in [1.54, 1.807) is 11.4 Å². The summed E-state index contributed by atoms with van der Waals surface area (Å²) in [6, 6.07) is 7.70. The minimum absolute atomic E-state index is 0.0898. The summed E-state index contributed by atoms with van der Waals surface area (Å²) in [5, 5.41) is 30.6. The lowest BCUT2D eigenvalue weighted by atomic mass is 9.99. The fraction of sp³-hybridized carbons (Fsp3) is 0.333. The van der Waals surface area contributed by atoms with Crippen LogP contribution in [0.5, 0.6) is 5.75 Å². The zero-order valence-electron chi connectivity index (χ0n) is 19.0. The van der Waals surface area contributed by atoms with Crippen molar-refractivity contribution in [1.29, 1.82) is 5.26 Å². The first-order valence-corrected chi connectivity index (χ1v) is 11.8. The molecule has 1 fully saturated rings. The number of aromatic nitrogens is 1. The predicted octanol–water partition coefficient (Wildman–Crippen LogP) is 2.64. The van der Waals surface area contributed by atoms with Crippen LogP contribution < -0.4 is 15.0 Å². The van der Waals surface area contributed by atoms with Crippen LogP contribution in [0.4, 0.5) is 11.4 Å². The summed E-state index contributed by atoms with van der Waals surface area (Å²) in [5.41, 5.74) is 3.35. The molecule has 1 saturated heterocycles. The summed E-state index contributed by atoms with van der Waals surface area (Å²) in [7, 11) is 0. The lowest BCUT2D eigenvalue weighted by molar-refractivity contribution is -0.122. The van der Waals surface area contributed by atoms with Crippen molar-refractivity contribution in [2.45, 2.75) is 18.9 Å². The number of nitrogens with zero attached hydrogens (tertiary/aromatic N) is 3. The molecule has 1 unspecified atom stereocenters. The normalized spacial score (nSPS) is 18.6. The Hall–Kier alpha value is -3.72. The van der Waals surface area contributed by atoms with E-state index < -0.39 is 5.60 Å². The molecule has 0 bridgehead atoms. The summed E-state index contributed by atoms with van der Waals surface area (Å²) in [4.78, 5) is 28.1. The van der Waals surface area contributed by atoms with Gasteiger partial charge >= 0.3 is 0 Å². The Morgan fingerprint density at radius 2 is 2.11 bits per heavy atom. The number of hydrogen-bond donors (Lipinski definition) is 3. The Morgan fingerprint density at radius 1 is 1.37 bits per heavy atom. The van der Waals surface area contributed by atoms with Crippen molar-refractivity contribution >= 4 is 45.3 Å². The van der Waals surface area contributed by atoms with Crippen LogP contribution in [0, 0.1) is 11.3 Å². The molecule has 0 radical (unpaired) electrons. The van der Waals surface area contributed by atoms with E-state index in [4.69, 9.17) is 24.6 Å². The third-order valence-corrected chi connectivity index (χ3v) is 6.74. The Kier molecular flexibility index (Phi) is 7.16. The van der Waals surface area contributed by atoms with E-state index in [1.807, 2.05) is 19.1 Å². The lowest BCUT2D eigenvalue weighted by Gasteiger charge is -2.31. The number of nitrogens with one attached hydrogen (secondary N) is 1. The average molecular weight is 497 g/mol. The maximum Gasteiger partial charge on any atom is 0.290 e. The largest absolute Gasteiger partial charge is 0.484 e. The molecule has 1 amide bonds. The van der Waals surface area contributed by atoms with Gasteiger partial charge in [0, 0.05) is 42.7 Å². The third kappa shape index (κ3) is 5.05. The number of aliphatic hydroxyl groups is 1. The van der Waals surface area contributed by atoms with Gasteiger partial charge in [-0.1, -0.05) is 0 Å². The predicted molar refractivity (Wildman–Crippen MR) is 130 cm³/mol. The molecule has 2 aliphatic heterocycles. The first-order chi connectivity index (χ1) is 16.9. The van der Waals surface area contributed by atoms with E-state index in [2.05, 4.69) is 21.3 Å². The number of aliphatic hydroxyl groups excluding tert-OH is 1. The number of carboxylic acid groups (broad SMARTS) is 1. The van der Waals surface area contributed by atoms with Gasteiger partial charge in [0.25, 0.3) is 12.4 Å². The molecule has 3 aromatic rings. The van der Waals surface area contributed by atoms with E-state index >= 15 is 0 Å². The monoisotopic (exact) mass is 496 g/mol. The highest BCUT2D eigenvalue weighted by atomic mass is 32.1. The number of anilines is 2. The number of amides is 1. The van der Waals surface area contributed by atoms with Gasteiger partial charge in [-0.25, -0.2) is 0 Å². The molecule has 2 aliphatic rings. The molecule has 10 nitrogen and oxygen atoms in total. The van der Waals surface area contributed by atoms with Gasteiger partial charge in [0.15, 0.2) is 0 Å². The zero-order chi connectivity index (χ0) is 25.0. The van der Waals surface area contributed by atoms with Gasteiger partial charge in [-0.15, -0.1) is 11.3 Å². The number of fused-ring (bicyclic) bond motifs is 2. The molecular weight excluding hydrogens is 472 g/mol. The van der Waals surface area contributed by atoms with Crippen LogP contribution in [0.3, 0.4) is 0 Å². The molecule has 1 aromatic carbocycles. The molecule has 1 atom stereocenters. The Labute approximate surface area is 205 Å². The fourth-order valence-electron chi connectivity index (χ4n) is 4.13. The van der Waals surface area contributed by atoms with Crippen molar-refractivity contribution in [2.24, 2.45) is 0 Å². The molecule has 4 heterocycles. The van der Waals surface area contributed by atoms with E-state index in [-0.39, 0.29) is 19.0 Å². The van der Waals surface area contributed by atoms with Crippen molar-refractivity contribution in [2.75, 3.05) is 43.1 Å². The van der Waals surface area contributed by atoms with E-state index in [0.29, 0.717) is 55.1 Å². The molecule has 35 heavy (non-hydrogen) atoms. The molecule has 0 aliphatic carbocycles. The average Bonchev–Trinajstić information content (AvgIpc) is 3.44. The first kappa shape index (κ1) is 24.4. The van der Waals surface area contributed by atoms with Gasteiger partial charge in [-0.3, -0.25) is 14.6 Å². The number of rotatable bonds is 4. The lowest BCUT2D eigenvalue weighted by Crippen LogP contribution is -2.36. The first-order valence-electron chi connectivity index (χ1n) is 10.9. The van der Waals surface area contributed by atoms with Crippen LogP contribution in [-0.2, 0) is 16.0 Å². The quantitative estimate of drug-likeness (QED) is 0.464. The summed E-state index contributed by atoms with van der Waals surface area (Å²) < 4.78 is 12.3. The Morgan fingerprint density at radius 3 is 2.80 bits per heavy atom. The van der Waals surface area contributed by atoms with Crippen molar-refractivity contribution in [1.82, 2.24) is 4.98 Å². The van der Waals surface area contributed by atoms with Gasteiger partial charge in [0.2, 0.25) is 0 Å². The molecule has 5 rings (SSSR count). The van der Waals surface area contributed by atoms with Crippen molar-refractivity contribution in [3.8, 4) is 11.8 Å². The zero-order valence-corrected chi connectivity index (χ0v) is 19.8. The highest BCUT2D eigenvalue weighted by Crippen LogP contribution is 2.42. The SMILES string of the molecule is CC1(CO)Cc2cc(NC(=O)c3csc4cc(C#N)cnc34)c(N3CCOCC3)cc2O1.O=CO. The number of carbonyl (C=O) groups excluding carboxylic acids is 1. The maximum atomic E-state index is 13.2. The van der Waals surface area contributed by atoms with Gasteiger partial charge in [-0.2, -0.15) is 5.26 Å².